The third kappa shape index (κ3) is 3.68. The fraction of sp³-hybridized carbons (Fsp3) is 0.421. The van der Waals surface area contributed by atoms with E-state index >= 15 is 0 Å². The summed E-state index contributed by atoms with van der Waals surface area (Å²) in [5.74, 6) is 1.29. The molecule has 7 heteroatoms. The van der Waals surface area contributed by atoms with Gasteiger partial charge in [-0.1, -0.05) is 0 Å². The van der Waals surface area contributed by atoms with Crippen LogP contribution < -0.4 is 5.32 Å². The molecule has 1 unspecified atom stereocenters. The molecule has 2 N–H and O–H groups in total. The molecule has 1 fully saturated rings. The summed E-state index contributed by atoms with van der Waals surface area (Å²) < 4.78 is 3.72. The van der Waals surface area contributed by atoms with Crippen LogP contribution >= 0.6 is 0 Å². The molecule has 3 aromatic heterocycles. The topological polar surface area (TPSA) is 80.8 Å². The van der Waals surface area contributed by atoms with Crippen molar-refractivity contribution in [1.82, 2.24) is 29.9 Å². The van der Waals surface area contributed by atoms with E-state index in [9.17, 15) is 5.11 Å². The van der Waals surface area contributed by atoms with E-state index < -0.39 is 0 Å². The standard InChI is InChI=1S/C19H24N6O/c1-14-8-16(12-21-19(14)25-7-3-5-23-25)11-20-17-9-15(10-18(17)26)13-24-6-2-4-22-24/h2-8,12,15,17-18,20,26H,9-11,13H2,1H3/t15?,17-,18-/m1/s1. The van der Waals surface area contributed by atoms with Crippen molar-refractivity contribution in [3.8, 4) is 5.82 Å². The molecule has 7 nitrogen and oxygen atoms in total. The molecular formula is C19H24N6O. The van der Waals surface area contributed by atoms with E-state index in [-0.39, 0.29) is 12.1 Å². The minimum absolute atomic E-state index is 0.113. The minimum atomic E-state index is -0.312. The van der Waals surface area contributed by atoms with Gasteiger partial charge in [-0.15, -0.1) is 0 Å². The van der Waals surface area contributed by atoms with Crippen molar-refractivity contribution in [2.24, 2.45) is 5.92 Å². The smallest absolute Gasteiger partial charge is 0.156 e. The van der Waals surface area contributed by atoms with Crippen molar-refractivity contribution in [3.05, 3.63) is 60.3 Å². The van der Waals surface area contributed by atoms with E-state index in [1.54, 1.807) is 17.1 Å². The van der Waals surface area contributed by atoms with Crippen LogP contribution in [0.25, 0.3) is 5.82 Å². The number of aryl methyl sites for hydroxylation is 1. The lowest BCUT2D eigenvalue weighted by Crippen LogP contribution is -2.35. The minimum Gasteiger partial charge on any atom is -0.391 e. The number of hydrogen-bond acceptors (Lipinski definition) is 5. The van der Waals surface area contributed by atoms with E-state index in [1.165, 1.54) is 0 Å². The maximum absolute atomic E-state index is 10.4. The molecule has 0 aromatic carbocycles. The summed E-state index contributed by atoms with van der Waals surface area (Å²) in [5.41, 5.74) is 2.19. The first kappa shape index (κ1) is 16.9. The molecule has 3 heterocycles. The van der Waals surface area contributed by atoms with Gasteiger partial charge in [-0.3, -0.25) is 4.68 Å². The van der Waals surface area contributed by atoms with E-state index in [2.05, 4.69) is 26.6 Å². The van der Waals surface area contributed by atoms with Crippen molar-refractivity contribution in [3.63, 3.8) is 0 Å². The van der Waals surface area contributed by atoms with Gasteiger partial charge >= 0.3 is 0 Å². The Labute approximate surface area is 152 Å². The first-order chi connectivity index (χ1) is 12.7. The predicted molar refractivity (Wildman–Crippen MR) is 97.7 cm³/mol. The monoisotopic (exact) mass is 352 g/mol. The van der Waals surface area contributed by atoms with Gasteiger partial charge in [-0.25, -0.2) is 9.67 Å². The van der Waals surface area contributed by atoms with Gasteiger partial charge in [0, 0.05) is 50.1 Å². The second-order valence-electron chi connectivity index (χ2n) is 7.05. The molecule has 3 aromatic rings. The molecule has 4 rings (SSSR count). The Morgan fingerprint density at radius 1 is 1.19 bits per heavy atom. The van der Waals surface area contributed by atoms with Crippen LogP contribution in [-0.4, -0.2) is 41.8 Å². The van der Waals surface area contributed by atoms with Crippen LogP contribution in [0.4, 0.5) is 0 Å². The molecule has 136 valence electrons. The number of pyridine rings is 1. The fourth-order valence-corrected chi connectivity index (χ4v) is 3.76. The number of aromatic nitrogens is 5. The van der Waals surface area contributed by atoms with Crippen LogP contribution in [0.2, 0.25) is 0 Å². The molecule has 0 amide bonds. The van der Waals surface area contributed by atoms with Gasteiger partial charge in [0.2, 0.25) is 0 Å². The highest BCUT2D eigenvalue weighted by atomic mass is 16.3. The largest absolute Gasteiger partial charge is 0.391 e. The van der Waals surface area contributed by atoms with Crippen molar-refractivity contribution in [2.75, 3.05) is 0 Å². The number of aliphatic hydroxyl groups excluding tert-OH is 1. The molecule has 1 aliphatic carbocycles. The van der Waals surface area contributed by atoms with Crippen LogP contribution in [0, 0.1) is 12.8 Å². The number of aliphatic hydroxyl groups is 1. The van der Waals surface area contributed by atoms with E-state index in [0.29, 0.717) is 12.5 Å². The van der Waals surface area contributed by atoms with Crippen LogP contribution in [0.1, 0.15) is 24.0 Å². The molecule has 0 saturated heterocycles. The highest BCUT2D eigenvalue weighted by Crippen LogP contribution is 2.27. The maximum Gasteiger partial charge on any atom is 0.156 e. The van der Waals surface area contributed by atoms with Crippen molar-refractivity contribution in [1.29, 1.82) is 0 Å². The SMILES string of the molecule is Cc1cc(CN[C@@H]2CC(Cn3cccn3)C[C@H]2O)cnc1-n1cccn1. The summed E-state index contributed by atoms with van der Waals surface area (Å²) in [6.45, 7) is 3.60. The predicted octanol–water partition coefficient (Wildman–Crippen LogP) is 1.70. The average Bonchev–Trinajstić information content (AvgIpc) is 3.36. The number of hydrogen-bond donors (Lipinski definition) is 2. The van der Waals surface area contributed by atoms with Crippen LogP contribution in [0.15, 0.2) is 49.2 Å². The van der Waals surface area contributed by atoms with Gasteiger partial charge in [0.25, 0.3) is 0 Å². The van der Waals surface area contributed by atoms with Gasteiger partial charge < -0.3 is 10.4 Å². The van der Waals surface area contributed by atoms with Crippen LogP contribution in [0.5, 0.6) is 0 Å². The molecule has 0 bridgehead atoms. The number of nitrogens with one attached hydrogen (secondary N) is 1. The summed E-state index contributed by atoms with van der Waals surface area (Å²) in [7, 11) is 0. The first-order valence-corrected chi connectivity index (χ1v) is 9.03. The van der Waals surface area contributed by atoms with Crippen molar-refractivity contribution >= 4 is 0 Å². The highest BCUT2D eigenvalue weighted by molar-refractivity contribution is 5.34. The second-order valence-corrected chi connectivity index (χ2v) is 7.05. The van der Waals surface area contributed by atoms with Crippen molar-refractivity contribution < 1.29 is 5.11 Å². The zero-order valence-electron chi connectivity index (χ0n) is 14.9. The van der Waals surface area contributed by atoms with E-state index in [4.69, 9.17) is 0 Å². The Kier molecular flexibility index (Phi) is 4.81. The lowest BCUT2D eigenvalue weighted by Gasteiger charge is -2.17. The first-order valence-electron chi connectivity index (χ1n) is 9.03. The number of nitrogens with zero attached hydrogens (tertiary/aromatic N) is 5. The third-order valence-electron chi connectivity index (χ3n) is 5.03. The summed E-state index contributed by atoms with van der Waals surface area (Å²) in [6, 6.07) is 6.06. The molecule has 0 aliphatic heterocycles. The van der Waals surface area contributed by atoms with Crippen molar-refractivity contribution in [2.45, 2.75) is 45.0 Å². The highest BCUT2D eigenvalue weighted by Gasteiger charge is 2.32. The Balaban J connectivity index is 1.34. The summed E-state index contributed by atoms with van der Waals surface area (Å²) in [4.78, 5) is 4.54. The van der Waals surface area contributed by atoms with Gasteiger partial charge in [0.1, 0.15) is 0 Å². The molecule has 1 aliphatic rings. The Hall–Kier alpha value is -2.51. The summed E-state index contributed by atoms with van der Waals surface area (Å²) in [5, 5.41) is 22.4. The molecule has 0 spiro atoms. The molecule has 1 saturated carbocycles. The quantitative estimate of drug-likeness (QED) is 0.706. The van der Waals surface area contributed by atoms with Gasteiger partial charge in [0.15, 0.2) is 5.82 Å². The van der Waals surface area contributed by atoms with E-state index in [1.807, 2.05) is 42.3 Å². The maximum atomic E-state index is 10.4. The summed E-state index contributed by atoms with van der Waals surface area (Å²) >= 11 is 0. The van der Waals surface area contributed by atoms with Crippen LogP contribution in [-0.2, 0) is 13.1 Å². The Morgan fingerprint density at radius 2 is 2.04 bits per heavy atom. The normalized spacial score (nSPS) is 22.8. The second kappa shape index (κ2) is 7.39. The molecule has 0 radical (unpaired) electrons. The molecule has 26 heavy (non-hydrogen) atoms. The molecule has 3 atom stereocenters. The summed E-state index contributed by atoms with van der Waals surface area (Å²) in [6.07, 6.45) is 10.7. The zero-order valence-corrected chi connectivity index (χ0v) is 14.9. The van der Waals surface area contributed by atoms with Gasteiger partial charge in [-0.05, 0) is 55.0 Å². The Morgan fingerprint density at radius 3 is 2.77 bits per heavy atom. The van der Waals surface area contributed by atoms with Gasteiger partial charge in [-0.2, -0.15) is 10.2 Å². The lowest BCUT2D eigenvalue weighted by atomic mass is 10.1. The Bertz CT molecular complexity index is 830. The van der Waals surface area contributed by atoms with Crippen LogP contribution in [0.3, 0.4) is 0 Å². The number of rotatable bonds is 6. The lowest BCUT2D eigenvalue weighted by molar-refractivity contribution is 0.145. The fourth-order valence-electron chi connectivity index (χ4n) is 3.76. The van der Waals surface area contributed by atoms with E-state index in [0.717, 1.165) is 36.3 Å². The van der Waals surface area contributed by atoms with Gasteiger partial charge in [0.05, 0.1) is 6.10 Å². The zero-order chi connectivity index (χ0) is 17.9. The average molecular weight is 352 g/mol. The third-order valence-corrected chi connectivity index (χ3v) is 5.03. The molecular weight excluding hydrogens is 328 g/mol.